The van der Waals surface area contributed by atoms with Crippen molar-refractivity contribution in [3.05, 3.63) is 23.8 Å². The minimum absolute atomic E-state index is 0.0506. The Kier molecular flexibility index (Phi) is 4.13. The van der Waals surface area contributed by atoms with Gasteiger partial charge in [0.25, 0.3) is 0 Å². The van der Waals surface area contributed by atoms with Gasteiger partial charge in [0.05, 0.1) is 10.8 Å². The predicted molar refractivity (Wildman–Crippen MR) is 95.4 cm³/mol. The van der Waals surface area contributed by atoms with Crippen molar-refractivity contribution in [3.63, 3.8) is 0 Å². The quantitative estimate of drug-likeness (QED) is 0.742. The molecule has 2 bridgehead atoms. The second-order valence-electron chi connectivity index (χ2n) is 7.80. The van der Waals surface area contributed by atoms with Crippen LogP contribution in [0.4, 0.5) is 5.69 Å². The van der Waals surface area contributed by atoms with Gasteiger partial charge in [-0.25, -0.2) is 13.1 Å². The Morgan fingerprint density at radius 1 is 1.16 bits per heavy atom. The topological polar surface area (TPSA) is 101 Å². The van der Waals surface area contributed by atoms with Gasteiger partial charge in [0.1, 0.15) is 0 Å². The largest absolute Gasteiger partial charge is 0.327 e. The van der Waals surface area contributed by atoms with Gasteiger partial charge >= 0.3 is 0 Å². The number of benzene rings is 1. The number of nitrogens with one attached hydrogen (secondary N) is 2. The summed E-state index contributed by atoms with van der Waals surface area (Å²) in [5.74, 6) is 0.578. The molecule has 7 heteroatoms. The molecule has 1 aromatic rings. The summed E-state index contributed by atoms with van der Waals surface area (Å²) in [7, 11) is -3.55. The lowest BCUT2D eigenvalue weighted by Gasteiger charge is -2.27. The van der Waals surface area contributed by atoms with Crippen molar-refractivity contribution in [3.8, 4) is 0 Å². The Labute approximate surface area is 148 Å². The molecule has 3 aliphatic rings. The first-order valence-corrected chi connectivity index (χ1v) is 10.5. The van der Waals surface area contributed by atoms with Gasteiger partial charge in [-0.2, -0.15) is 0 Å². The van der Waals surface area contributed by atoms with Crippen molar-refractivity contribution in [2.24, 2.45) is 23.5 Å². The SMILES string of the molecule is Cc1ccc(NC(=O)C2C3CCC(C3)C2N)cc1S(=O)(=O)NC1CC1. The molecule has 0 aliphatic heterocycles. The summed E-state index contributed by atoms with van der Waals surface area (Å²) in [4.78, 5) is 12.9. The molecule has 4 N–H and O–H groups in total. The van der Waals surface area contributed by atoms with Gasteiger partial charge in [-0.05, 0) is 68.6 Å². The maximum absolute atomic E-state index is 12.7. The standard InChI is InChI=1S/C18H25N3O3S/c1-10-2-5-14(9-15(10)25(23,24)21-13-6-7-13)20-18(22)16-11-3-4-12(8-11)17(16)19/h2,5,9,11-13,16-17,21H,3-4,6-8,19H2,1H3,(H,20,22). The lowest BCUT2D eigenvalue weighted by Crippen LogP contribution is -2.42. The molecular formula is C18H25N3O3S. The van der Waals surface area contributed by atoms with Crippen LogP contribution in [0.25, 0.3) is 0 Å². The van der Waals surface area contributed by atoms with Crippen LogP contribution in [0, 0.1) is 24.7 Å². The van der Waals surface area contributed by atoms with Crippen LogP contribution in [0.15, 0.2) is 23.1 Å². The van der Waals surface area contributed by atoms with Crippen molar-refractivity contribution >= 4 is 21.6 Å². The van der Waals surface area contributed by atoms with Crippen LogP contribution in [0.2, 0.25) is 0 Å². The maximum atomic E-state index is 12.7. The number of carbonyl (C=O) groups is 1. The number of nitrogens with two attached hydrogens (primary N) is 1. The number of sulfonamides is 1. The van der Waals surface area contributed by atoms with Gasteiger partial charge in [-0.3, -0.25) is 4.79 Å². The number of hydrogen-bond acceptors (Lipinski definition) is 4. The third-order valence-corrected chi connectivity index (χ3v) is 7.59. The first kappa shape index (κ1) is 17.0. The molecule has 3 saturated carbocycles. The molecular weight excluding hydrogens is 338 g/mol. The molecule has 4 rings (SSSR count). The zero-order valence-corrected chi connectivity index (χ0v) is 15.2. The third kappa shape index (κ3) is 3.20. The van der Waals surface area contributed by atoms with Gasteiger partial charge in [-0.1, -0.05) is 6.07 Å². The number of fused-ring (bicyclic) bond motifs is 2. The molecule has 0 heterocycles. The van der Waals surface area contributed by atoms with E-state index in [1.54, 1.807) is 25.1 Å². The van der Waals surface area contributed by atoms with E-state index in [-0.39, 0.29) is 28.8 Å². The summed E-state index contributed by atoms with van der Waals surface area (Å²) in [6.07, 6.45) is 5.00. The number of rotatable bonds is 5. The fourth-order valence-electron chi connectivity index (χ4n) is 4.40. The number of carbonyl (C=O) groups excluding carboxylic acids is 1. The van der Waals surface area contributed by atoms with Crippen molar-refractivity contribution in [2.45, 2.75) is 56.0 Å². The van der Waals surface area contributed by atoms with Crippen LogP contribution < -0.4 is 15.8 Å². The normalized spacial score (nSPS) is 31.3. The van der Waals surface area contributed by atoms with Gasteiger partial charge in [-0.15, -0.1) is 0 Å². The number of aryl methyl sites for hydroxylation is 1. The molecule has 0 radical (unpaired) electrons. The first-order chi connectivity index (χ1) is 11.8. The molecule has 3 aliphatic carbocycles. The monoisotopic (exact) mass is 363 g/mol. The molecule has 1 amide bonds. The second kappa shape index (κ2) is 6.07. The van der Waals surface area contributed by atoms with E-state index >= 15 is 0 Å². The van der Waals surface area contributed by atoms with Crippen molar-refractivity contribution in [2.75, 3.05) is 5.32 Å². The Morgan fingerprint density at radius 2 is 1.88 bits per heavy atom. The van der Waals surface area contributed by atoms with Crippen LogP contribution in [-0.4, -0.2) is 26.4 Å². The van der Waals surface area contributed by atoms with Crippen molar-refractivity contribution in [1.29, 1.82) is 0 Å². The molecule has 0 spiro atoms. The number of amides is 1. The van der Waals surface area contributed by atoms with E-state index in [0.29, 0.717) is 23.1 Å². The molecule has 136 valence electrons. The van der Waals surface area contributed by atoms with E-state index in [1.807, 2.05) is 0 Å². The lowest BCUT2D eigenvalue weighted by molar-refractivity contribution is -0.121. The van der Waals surface area contributed by atoms with Crippen LogP contribution in [0.5, 0.6) is 0 Å². The molecule has 1 aromatic carbocycles. The molecule has 3 fully saturated rings. The van der Waals surface area contributed by atoms with Crippen LogP contribution in [0.1, 0.15) is 37.7 Å². The highest BCUT2D eigenvalue weighted by Crippen LogP contribution is 2.47. The van der Waals surface area contributed by atoms with Gasteiger partial charge < -0.3 is 11.1 Å². The summed E-state index contributed by atoms with van der Waals surface area (Å²) < 4.78 is 27.7. The molecule has 6 nitrogen and oxygen atoms in total. The minimum Gasteiger partial charge on any atom is -0.327 e. The smallest absolute Gasteiger partial charge is 0.241 e. The average Bonchev–Trinajstić information content (AvgIpc) is 3.12. The highest BCUT2D eigenvalue weighted by molar-refractivity contribution is 7.89. The zero-order valence-electron chi connectivity index (χ0n) is 14.4. The van der Waals surface area contributed by atoms with Crippen LogP contribution in [-0.2, 0) is 14.8 Å². The predicted octanol–water partition coefficient (Wildman–Crippen LogP) is 1.75. The van der Waals surface area contributed by atoms with Gasteiger partial charge in [0.2, 0.25) is 15.9 Å². The summed E-state index contributed by atoms with van der Waals surface area (Å²) in [6.45, 7) is 1.76. The molecule has 0 saturated heterocycles. The van der Waals surface area contributed by atoms with Crippen molar-refractivity contribution < 1.29 is 13.2 Å². The maximum Gasteiger partial charge on any atom is 0.241 e. The molecule has 25 heavy (non-hydrogen) atoms. The Morgan fingerprint density at radius 3 is 2.52 bits per heavy atom. The van der Waals surface area contributed by atoms with Crippen molar-refractivity contribution in [1.82, 2.24) is 4.72 Å². The summed E-state index contributed by atoms with van der Waals surface area (Å²) >= 11 is 0. The fraction of sp³-hybridized carbons (Fsp3) is 0.611. The third-order valence-electron chi connectivity index (χ3n) is 5.93. The number of anilines is 1. The highest BCUT2D eigenvalue weighted by Gasteiger charge is 2.49. The molecule has 4 atom stereocenters. The molecule has 4 unspecified atom stereocenters. The van der Waals surface area contributed by atoms with E-state index in [0.717, 1.165) is 32.1 Å². The van der Waals surface area contributed by atoms with E-state index < -0.39 is 10.0 Å². The second-order valence-corrected chi connectivity index (χ2v) is 9.48. The number of hydrogen-bond donors (Lipinski definition) is 3. The average molecular weight is 363 g/mol. The van der Waals surface area contributed by atoms with Crippen LogP contribution in [0.3, 0.4) is 0 Å². The van der Waals surface area contributed by atoms with Gasteiger partial charge in [0.15, 0.2) is 0 Å². The van der Waals surface area contributed by atoms with E-state index in [9.17, 15) is 13.2 Å². The van der Waals surface area contributed by atoms with E-state index in [2.05, 4.69) is 10.0 Å². The Balaban J connectivity index is 1.53. The Bertz CT molecular complexity index is 802. The van der Waals surface area contributed by atoms with E-state index in [1.165, 1.54) is 0 Å². The summed E-state index contributed by atoms with van der Waals surface area (Å²) in [5, 5.41) is 2.90. The fourth-order valence-corrected chi connectivity index (χ4v) is 5.98. The first-order valence-electron chi connectivity index (χ1n) is 9.04. The van der Waals surface area contributed by atoms with Crippen LogP contribution >= 0.6 is 0 Å². The Hall–Kier alpha value is -1.44. The zero-order chi connectivity index (χ0) is 17.8. The minimum atomic E-state index is -3.55. The summed E-state index contributed by atoms with van der Waals surface area (Å²) in [6, 6.07) is 5.01. The highest BCUT2D eigenvalue weighted by atomic mass is 32.2. The van der Waals surface area contributed by atoms with E-state index in [4.69, 9.17) is 5.73 Å². The summed E-state index contributed by atoms with van der Waals surface area (Å²) in [5.41, 5.74) is 7.42. The lowest BCUT2D eigenvalue weighted by atomic mass is 9.84. The van der Waals surface area contributed by atoms with Gasteiger partial charge in [0, 0.05) is 17.8 Å². The molecule has 0 aromatic heterocycles.